The molecule has 0 radical (unpaired) electrons. The van der Waals surface area contributed by atoms with Gasteiger partial charge in [-0.3, -0.25) is 4.57 Å². The van der Waals surface area contributed by atoms with Crippen LogP contribution in [0, 0.1) is 0 Å². The molecule has 10 heteroatoms. The third-order valence-electron chi connectivity index (χ3n) is 3.97. The van der Waals surface area contributed by atoms with Gasteiger partial charge in [-0.2, -0.15) is 9.97 Å². The van der Waals surface area contributed by atoms with Crippen molar-refractivity contribution in [1.82, 2.24) is 19.5 Å². The van der Waals surface area contributed by atoms with E-state index in [1.807, 2.05) is 0 Å². The summed E-state index contributed by atoms with van der Waals surface area (Å²) in [5.74, 6) is 0.0242. The van der Waals surface area contributed by atoms with Gasteiger partial charge in [-0.1, -0.05) is 11.6 Å². The molecule has 1 saturated heterocycles. The molecule has 4 N–H and O–H groups in total. The molecule has 120 valence electrons. The Morgan fingerprint density at radius 1 is 1.55 bits per heavy atom. The third-order valence-corrected chi connectivity index (χ3v) is 4.24. The number of aliphatic hydroxyl groups is 2. The minimum absolute atomic E-state index is 0.0242. The van der Waals surface area contributed by atoms with Gasteiger partial charge in [-0.05, 0) is 0 Å². The molecule has 1 aliphatic rings. The highest BCUT2D eigenvalue weighted by Crippen LogP contribution is 2.40. The van der Waals surface area contributed by atoms with E-state index < -0.39 is 17.9 Å². The second-order valence-corrected chi connectivity index (χ2v) is 5.45. The summed E-state index contributed by atoms with van der Waals surface area (Å²) in [4.78, 5) is 12.1. The maximum absolute atomic E-state index is 9.63. The standard InChI is InChI=1S/C12H16ClN5O4/c1-21-12(4-20)2-7(22-6(12)3-19)18-5-15-8-9(13)16-11(14)17-10(8)18/h5-7,19-20H,2-4H2,1H3,(H2,14,16,17). The predicted octanol–water partition coefficient (Wildman–Crippen LogP) is -0.281. The Morgan fingerprint density at radius 3 is 2.91 bits per heavy atom. The number of fused-ring (bicyclic) bond motifs is 1. The summed E-state index contributed by atoms with van der Waals surface area (Å²) in [7, 11) is 1.47. The van der Waals surface area contributed by atoms with Crippen LogP contribution in [0.1, 0.15) is 12.6 Å². The molecule has 22 heavy (non-hydrogen) atoms. The van der Waals surface area contributed by atoms with Crippen molar-refractivity contribution in [3.05, 3.63) is 11.5 Å². The lowest BCUT2D eigenvalue weighted by atomic mass is 9.96. The predicted molar refractivity (Wildman–Crippen MR) is 77.2 cm³/mol. The zero-order chi connectivity index (χ0) is 15.9. The molecule has 2 aromatic rings. The van der Waals surface area contributed by atoms with Crippen LogP contribution in [-0.4, -0.2) is 61.8 Å². The smallest absolute Gasteiger partial charge is 0.223 e. The van der Waals surface area contributed by atoms with Gasteiger partial charge in [-0.15, -0.1) is 0 Å². The lowest BCUT2D eigenvalue weighted by Gasteiger charge is -2.28. The summed E-state index contributed by atoms with van der Waals surface area (Å²) in [5, 5.41) is 19.3. The zero-order valence-corrected chi connectivity index (χ0v) is 12.6. The van der Waals surface area contributed by atoms with Crippen molar-refractivity contribution >= 4 is 28.7 Å². The topological polar surface area (TPSA) is 129 Å². The first-order chi connectivity index (χ1) is 10.5. The van der Waals surface area contributed by atoms with E-state index in [0.717, 1.165) is 0 Å². The zero-order valence-electron chi connectivity index (χ0n) is 11.8. The van der Waals surface area contributed by atoms with Crippen LogP contribution in [0.5, 0.6) is 0 Å². The fourth-order valence-electron chi connectivity index (χ4n) is 2.72. The molecule has 1 aliphatic heterocycles. The minimum Gasteiger partial charge on any atom is -0.394 e. The highest BCUT2D eigenvalue weighted by atomic mass is 35.5. The monoisotopic (exact) mass is 329 g/mol. The Balaban J connectivity index is 2.02. The Labute approximate surface area is 130 Å². The SMILES string of the molecule is COC1(CO)CC(n2cnc3c(Cl)nc(N)nc32)OC1CO. The fourth-order valence-corrected chi connectivity index (χ4v) is 2.94. The number of aliphatic hydroxyl groups excluding tert-OH is 2. The maximum atomic E-state index is 9.63. The van der Waals surface area contributed by atoms with Crippen molar-refractivity contribution < 1.29 is 19.7 Å². The molecular formula is C12H16ClN5O4. The number of nitrogen functional groups attached to an aromatic ring is 1. The van der Waals surface area contributed by atoms with Gasteiger partial charge >= 0.3 is 0 Å². The third kappa shape index (κ3) is 2.22. The molecule has 0 aliphatic carbocycles. The first-order valence-corrected chi connectivity index (χ1v) is 7.00. The molecule has 1 fully saturated rings. The highest BCUT2D eigenvalue weighted by Gasteiger charge is 2.49. The molecule has 0 saturated carbocycles. The van der Waals surface area contributed by atoms with Crippen molar-refractivity contribution in [2.24, 2.45) is 0 Å². The average molecular weight is 330 g/mol. The number of aromatic nitrogens is 4. The molecule has 9 nitrogen and oxygen atoms in total. The van der Waals surface area contributed by atoms with Crippen LogP contribution in [-0.2, 0) is 9.47 Å². The van der Waals surface area contributed by atoms with Gasteiger partial charge in [0.25, 0.3) is 0 Å². The van der Waals surface area contributed by atoms with Crippen molar-refractivity contribution in [3.8, 4) is 0 Å². The van der Waals surface area contributed by atoms with Crippen LogP contribution < -0.4 is 5.73 Å². The lowest BCUT2D eigenvalue weighted by Crippen LogP contribution is -2.45. The second kappa shape index (κ2) is 5.60. The van der Waals surface area contributed by atoms with Crippen LogP contribution in [0.3, 0.4) is 0 Å². The molecule has 0 spiro atoms. The van der Waals surface area contributed by atoms with E-state index >= 15 is 0 Å². The summed E-state index contributed by atoms with van der Waals surface area (Å²) in [6, 6.07) is 0. The van der Waals surface area contributed by atoms with E-state index in [2.05, 4.69) is 15.0 Å². The number of ether oxygens (including phenoxy) is 2. The highest BCUT2D eigenvalue weighted by molar-refractivity contribution is 6.33. The van der Waals surface area contributed by atoms with Crippen LogP contribution in [0.4, 0.5) is 5.95 Å². The number of anilines is 1. The Hall–Kier alpha value is -1.52. The van der Waals surface area contributed by atoms with Crippen molar-refractivity contribution in [1.29, 1.82) is 0 Å². The largest absolute Gasteiger partial charge is 0.394 e. The van der Waals surface area contributed by atoms with Gasteiger partial charge in [0.05, 0.1) is 19.5 Å². The summed E-state index contributed by atoms with van der Waals surface area (Å²) < 4.78 is 12.8. The van der Waals surface area contributed by atoms with E-state index in [1.54, 1.807) is 4.57 Å². The Morgan fingerprint density at radius 2 is 2.32 bits per heavy atom. The first kappa shape index (κ1) is 15.4. The molecule has 0 bridgehead atoms. The Bertz CT molecular complexity index is 689. The number of methoxy groups -OCH3 is 1. The van der Waals surface area contributed by atoms with E-state index in [-0.39, 0.29) is 24.3 Å². The quantitative estimate of drug-likeness (QED) is 0.653. The van der Waals surface area contributed by atoms with Gasteiger partial charge in [0.1, 0.15) is 23.4 Å². The molecule has 0 aromatic carbocycles. The van der Waals surface area contributed by atoms with Crippen LogP contribution in [0.25, 0.3) is 11.2 Å². The Kier molecular flexibility index (Phi) is 3.91. The van der Waals surface area contributed by atoms with E-state index in [9.17, 15) is 10.2 Å². The van der Waals surface area contributed by atoms with Crippen molar-refractivity contribution in [2.45, 2.75) is 24.4 Å². The van der Waals surface area contributed by atoms with Gasteiger partial charge < -0.3 is 25.4 Å². The number of hydrogen-bond acceptors (Lipinski definition) is 8. The summed E-state index contributed by atoms with van der Waals surface area (Å²) >= 11 is 6.00. The summed E-state index contributed by atoms with van der Waals surface area (Å²) in [5.41, 5.74) is 5.45. The fraction of sp³-hybridized carbons (Fsp3) is 0.583. The molecule has 3 rings (SSSR count). The normalized spacial score (nSPS) is 28.5. The van der Waals surface area contributed by atoms with Crippen molar-refractivity contribution in [2.75, 3.05) is 26.1 Å². The summed E-state index contributed by atoms with van der Waals surface area (Å²) in [6.45, 7) is -0.564. The number of nitrogens with two attached hydrogens (primary N) is 1. The van der Waals surface area contributed by atoms with E-state index in [0.29, 0.717) is 17.6 Å². The number of nitrogens with zero attached hydrogens (tertiary/aromatic N) is 4. The number of hydrogen-bond donors (Lipinski definition) is 3. The molecular weight excluding hydrogens is 314 g/mol. The molecule has 2 aromatic heterocycles. The number of rotatable bonds is 4. The molecule has 3 atom stereocenters. The second-order valence-electron chi connectivity index (χ2n) is 5.09. The molecule has 0 amide bonds. The van der Waals surface area contributed by atoms with Crippen LogP contribution in [0.15, 0.2) is 6.33 Å². The van der Waals surface area contributed by atoms with Gasteiger partial charge in [0, 0.05) is 13.5 Å². The number of halogens is 1. The van der Waals surface area contributed by atoms with Crippen LogP contribution in [0.2, 0.25) is 5.15 Å². The van der Waals surface area contributed by atoms with Gasteiger partial charge in [0.15, 0.2) is 10.8 Å². The average Bonchev–Trinajstić information content (AvgIpc) is 3.08. The van der Waals surface area contributed by atoms with E-state index in [4.69, 9.17) is 26.8 Å². The van der Waals surface area contributed by atoms with Crippen molar-refractivity contribution in [3.63, 3.8) is 0 Å². The lowest BCUT2D eigenvalue weighted by molar-refractivity contribution is -0.118. The van der Waals surface area contributed by atoms with Gasteiger partial charge in [-0.25, -0.2) is 4.98 Å². The molecule has 3 heterocycles. The first-order valence-electron chi connectivity index (χ1n) is 6.62. The maximum Gasteiger partial charge on any atom is 0.223 e. The van der Waals surface area contributed by atoms with Crippen LogP contribution >= 0.6 is 11.6 Å². The van der Waals surface area contributed by atoms with Gasteiger partial charge in [0.2, 0.25) is 5.95 Å². The summed E-state index contributed by atoms with van der Waals surface area (Å²) in [6.07, 6.45) is 0.629. The minimum atomic E-state index is -0.988. The van der Waals surface area contributed by atoms with E-state index in [1.165, 1.54) is 13.4 Å². The molecule has 3 unspecified atom stereocenters. The number of imidazole rings is 1.